The summed E-state index contributed by atoms with van der Waals surface area (Å²) in [5.41, 5.74) is 3.72. The Morgan fingerprint density at radius 1 is 1.17 bits per heavy atom. The van der Waals surface area contributed by atoms with Gasteiger partial charge in [0.25, 0.3) is 5.89 Å². The van der Waals surface area contributed by atoms with Crippen LogP contribution in [0.5, 0.6) is 0 Å². The molecule has 4 aromatic rings. The molecule has 0 bridgehead atoms. The van der Waals surface area contributed by atoms with Gasteiger partial charge in [0.15, 0.2) is 0 Å². The molecule has 0 saturated carbocycles. The van der Waals surface area contributed by atoms with Gasteiger partial charge in [-0.3, -0.25) is 4.68 Å². The minimum atomic E-state index is 0.456. The van der Waals surface area contributed by atoms with E-state index in [1.54, 1.807) is 22.2 Å². The Morgan fingerprint density at radius 2 is 2.04 bits per heavy atom. The molecule has 0 radical (unpaired) electrons. The highest BCUT2D eigenvalue weighted by Crippen LogP contribution is 2.27. The first-order valence-corrected chi connectivity index (χ1v) is 8.50. The minimum Gasteiger partial charge on any atom is -0.332 e. The van der Waals surface area contributed by atoms with E-state index in [1.807, 2.05) is 37.4 Å². The van der Waals surface area contributed by atoms with Crippen molar-refractivity contribution in [2.24, 2.45) is 7.05 Å². The molecule has 3 aromatic heterocycles. The molecule has 0 fully saturated rings. The van der Waals surface area contributed by atoms with Gasteiger partial charge in [0.1, 0.15) is 5.69 Å². The van der Waals surface area contributed by atoms with Gasteiger partial charge < -0.3 is 4.52 Å². The smallest absolute Gasteiger partial charge is 0.276 e. The van der Waals surface area contributed by atoms with E-state index in [-0.39, 0.29) is 0 Å². The van der Waals surface area contributed by atoms with Crippen LogP contribution >= 0.6 is 11.3 Å². The first-order valence-electron chi connectivity index (χ1n) is 7.62. The number of benzene rings is 1. The lowest BCUT2D eigenvalue weighted by Gasteiger charge is -1.99. The van der Waals surface area contributed by atoms with Gasteiger partial charge in [-0.1, -0.05) is 30.3 Å². The van der Waals surface area contributed by atoms with Crippen molar-refractivity contribution in [3.63, 3.8) is 0 Å². The van der Waals surface area contributed by atoms with Crippen molar-refractivity contribution in [3.05, 3.63) is 46.9 Å². The Labute approximate surface area is 142 Å². The zero-order valence-corrected chi connectivity index (χ0v) is 14.1. The Bertz CT molecular complexity index is 984. The SMILES string of the molecule is CCc1nc(-c2cccc(-c3noc(-c4ccnn4C)n3)c2)cs1. The average molecular weight is 337 g/mol. The summed E-state index contributed by atoms with van der Waals surface area (Å²) in [5.74, 6) is 1.01. The molecule has 0 spiro atoms. The van der Waals surface area contributed by atoms with Crippen LogP contribution in [-0.2, 0) is 13.5 Å². The van der Waals surface area contributed by atoms with Crippen LogP contribution in [0.25, 0.3) is 34.2 Å². The summed E-state index contributed by atoms with van der Waals surface area (Å²) in [6.07, 6.45) is 2.65. The highest BCUT2D eigenvalue weighted by Gasteiger charge is 2.14. The molecule has 3 heterocycles. The molecule has 120 valence electrons. The fourth-order valence-electron chi connectivity index (χ4n) is 2.45. The molecule has 0 atom stereocenters. The van der Waals surface area contributed by atoms with Gasteiger partial charge in [0.2, 0.25) is 5.82 Å². The van der Waals surface area contributed by atoms with Crippen molar-refractivity contribution >= 4 is 11.3 Å². The van der Waals surface area contributed by atoms with Gasteiger partial charge >= 0.3 is 0 Å². The standard InChI is InChI=1S/C17H15N5OS/c1-3-15-19-13(10-24-15)11-5-4-6-12(9-11)16-20-17(23-21-16)14-7-8-18-22(14)2/h4-10H,3H2,1-2H3. The highest BCUT2D eigenvalue weighted by atomic mass is 32.1. The molecule has 4 rings (SSSR count). The molecule has 1 aromatic carbocycles. The molecule has 0 aliphatic rings. The van der Waals surface area contributed by atoms with Crippen LogP contribution in [0.1, 0.15) is 11.9 Å². The second-order valence-electron chi connectivity index (χ2n) is 5.32. The number of rotatable bonds is 4. The average Bonchev–Trinajstić information content (AvgIpc) is 3.35. The van der Waals surface area contributed by atoms with Gasteiger partial charge in [0.05, 0.1) is 10.7 Å². The molecular weight excluding hydrogens is 322 g/mol. The third-order valence-corrected chi connectivity index (χ3v) is 4.73. The van der Waals surface area contributed by atoms with E-state index < -0.39 is 0 Å². The zero-order chi connectivity index (χ0) is 16.5. The van der Waals surface area contributed by atoms with E-state index in [1.165, 1.54) is 0 Å². The van der Waals surface area contributed by atoms with Crippen LogP contribution in [0.3, 0.4) is 0 Å². The summed E-state index contributed by atoms with van der Waals surface area (Å²) < 4.78 is 7.08. The fourth-order valence-corrected chi connectivity index (χ4v) is 3.21. The molecular formula is C17H15N5OS. The number of hydrogen-bond donors (Lipinski definition) is 0. The summed E-state index contributed by atoms with van der Waals surface area (Å²) >= 11 is 1.68. The molecule has 0 saturated heterocycles. The summed E-state index contributed by atoms with van der Waals surface area (Å²) in [6, 6.07) is 9.87. The summed E-state index contributed by atoms with van der Waals surface area (Å²) in [7, 11) is 1.84. The minimum absolute atomic E-state index is 0.456. The largest absolute Gasteiger partial charge is 0.332 e. The second kappa shape index (κ2) is 6.01. The summed E-state index contributed by atoms with van der Waals surface area (Å²) in [6.45, 7) is 2.11. The zero-order valence-electron chi connectivity index (χ0n) is 13.3. The van der Waals surface area contributed by atoms with Crippen LogP contribution in [-0.4, -0.2) is 24.9 Å². The van der Waals surface area contributed by atoms with E-state index in [0.29, 0.717) is 11.7 Å². The molecule has 24 heavy (non-hydrogen) atoms. The van der Waals surface area contributed by atoms with Crippen molar-refractivity contribution in [1.82, 2.24) is 24.9 Å². The van der Waals surface area contributed by atoms with Crippen molar-refractivity contribution < 1.29 is 4.52 Å². The molecule has 6 nitrogen and oxygen atoms in total. The highest BCUT2D eigenvalue weighted by molar-refractivity contribution is 7.09. The topological polar surface area (TPSA) is 69.6 Å². The van der Waals surface area contributed by atoms with Crippen molar-refractivity contribution in [3.8, 4) is 34.2 Å². The molecule has 0 aliphatic carbocycles. The Morgan fingerprint density at radius 3 is 2.79 bits per heavy atom. The molecule has 0 unspecified atom stereocenters. The maximum atomic E-state index is 5.38. The Balaban J connectivity index is 1.69. The monoisotopic (exact) mass is 337 g/mol. The number of hydrogen-bond acceptors (Lipinski definition) is 6. The lowest BCUT2D eigenvalue weighted by atomic mass is 10.1. The van der Waals surface area contributed by atoms with Gasteiger partial charge in [0, 0.05) is 29.8 Å². The van der Waals surface area contributed by atoms with Gasteiger partial charge in [-0.05, 0) is 18.6 Å². The Kier molecular flexibility index (Phi) is 3.70. The maximum Gasteiger partial charge on any atom is 0.276 e. The summed E-state index contributed by atoms with van der Waals surface area (Å²) in [5, 5.41) is 11.4. The predicted octanol–water partition coefficient (Wildman–Crippen LogP) is 3.82. The number of thiazole rings is 1. The van der Waals surface area contributed by atoms with Crippen LogP contribution in [0.4, 0.5) is 0 Å². The van der Waals surface area contributed by atoms with Crippen molar-refractivity contribution in [1.29, 1.82) is 0 Å². The van der Waals surface area contributed by atoms with Gasteiger partial charge in [-0.15, -0.1) is 11.3 Å². The molecule has 7 heteroatoms. The lowest BCUT2D eigenvalue weighted by Crippen LogP contribution is -1.93. The van der Waals surface area contributed by atoms with Crippen LogP contribution in [0.2, 0.25) is 0 Å². The van der Waals surface area contributed by atoms with Gasteiger partial charge in [-0.25, -0.2) is 4.98 Å². The number of aromatic nitrogens is 5. The van der Waals surface area contributed by atoms with Gasteiger partial charge in [-0.2, -0.15) is 10.1 Å². The van der Waals surface area contributed by atoms with Crippen LogP contribution in [0.15, 0.2) is 46.4 Å². The molecule has 0 amide bonds. The van der Waals surface area contributed by atoms with Crippen LogP contribution < -0.4 is 0 Å². The second-order valence-corrected chi connectivity index (χ2v) is 6.27. The fraction of sp³-hybridized carbons (Fsp3) is 0.176. The van der Waals surface area contributed by atoms with E-state index in [2.05, 4.69) is 32.5 Å². The Hall–Kier alpha value is -2.80. The van der Waals surface area contributed by atoms with E-state index in [4.69, 9.17) is 4.52 Å². The normalized spacial score (nSPS) is 11.1. The third kappa shape index (κ3) is 2.63. The van der Waals surface area contributed by atoms with E-state index in [9.17, 15) is 0 Å². The number of aryl methyl sites for hydroxylation is 2. The van der Waals surface area contributed by atoms with E-state index >= 15 is 0 Å². The third-order valence-electron chi connectivity index (χ3n) is 3.74. The lowest BCUT2D eigenvalue weighted by molar-refractivity contribution is 0.428. The van der Waals surface area contributed by atoms with Crippen LogP contribution in [0, 0.1) is 0 Å². The van der Waals surface area contributed by atoms with Crippen molar-refractivity contribution in [2.45, 2.75) is 13.3 Å². The quantitative estimate of drug-likeness (QED) is 0.566. The first kappa shape index (κ1) is 14.8. The molecule has 0 aliphatic heterocycles. The first-order chi connectivity index (χ1) is 11.7. The predicted molar refractivity (Wildman–Crippen MR) is 92.4 cm³/mol. The number of nitrogens with zero attached hydrogens (tertiary/aromatic N) is 5. The van der Waals surface area contributed by atoms with Crippen molar-refractivity contribution in [2.75, 3.05) is 0 Å². The molecule has 0 N–H and O–H groups in total. The maximum absolute atomic E-state index is 5.38. The van der Waals surface area contributed by atoms with E-state index in [0.717, 1.165) is 33.9 Å². The summed E-state index contributed by atoms with van der Waals surface area (Å²) in [4.78, 5) is 9.12.